The molecule has 0 aliphatic carbocycles. The fourth-order valence-electron chi connectivity index (χ4n) is 2.46. The normalized spacial score (nSPS) is 10.9. The Kier molecular flexibility index (Phi) is 4.49. The summed E-state index contributed by atoms with van der Waals surface area (Å²) in [5.41, 5.74) is 0.708. The Morgan fingerprint density at radius 1 is 1.08 bits per heavy atom. The monoisotopic (exact) mass is 370 g/mol. The minimum atomic E-state index is -0.0490. The highest BCUT2D eigenvalue weighted by atomic mass is 32.1. The van der Waals surface area contributed by atoms with Crippen LogP contribution in [0.1, 0.15) is 21.1 Å². The number of carbonyl (C=O) groups is 1. The van der Waals surface area contributed by atoms with E-state index in [1.54, 1.807) is 22.5 Å². The third-order valence-electron chi connectivity index (χ3n) is 3.62. The number of rotatable bonds is 6. The first kappa shape index (κ1) is 15.9. The van der Waals surface area contributed by atoms with Gasteiger partial charge in [0.05, 0.1) is 29.1 Å². The van der Waals surface area contributed by atoms with Crippen LogP contribution < -0.4 is 0 Å². The summed E-state index contributed by atoms with van der Waals surface area (Å²) in [6.45, 7) is 0.733. The smallest absolute Gasteiger partial charge is 0.264 e. The number of hydrogen-bond donors (Lipinski definition) is 0. The highest BCUT2D eigenvalue weighted by molar-refractivity contribution is 7.13. The quantitative estimate of drug-likeness (QED) is 0.484. The molecule has 0 aliphatic heterocycles. The van der Waals surface area contributed by atoms with Gasteiger partial charge in [0, 0.05) is 6.07 Å². The highest BCUT2D eigenvalue weighted by Gasteiger charge is 2.20. The number of hydrogen-bond acceptors (Lipinski definition) is 6. The van der Waals surface area contributed by atoms with Gasteiger partial charge in [-0.25, -0.2) is 0 Å². The molecule has 126 valence electrons. The molecule has 4 heterocycles. The number of carbonyl (C=O) groups excluding carboxylic acids is 1. The average molecular weight is 370 g/mol. The molecule has 4 aromatic heterocycles. The van der Waals surface area contributed by atoms with Gasteiger partial charge in [0.15, 0.2) is 5.76 Å². The molecule has 4 aromatic rings. The second-order valence-electron chi connectivity index (χ2n) is 5.38. The van der Waals surface area contributed by atoms with E-state index in [-0.39, 0.29) is 5.91 Å². The molecule has 5 nitrogen and oxygen atoms in total. The zero-order valence-corrected chi connectivity index (χ0v) is 14.8. The van der Waals surface area contributed by atoms with Gasteiger partial charge < -0.3 is 13.8 Å². The molecule has 0 radical (unpaired) electrons. The number of furan rings is 1. The predicted octanol–water partition coefficient (Wildman–Crippen LogP) is 4.90. The molecule has 7 heteroatoms. The van der Waals surface area contributed by atoms with Crippen LogP contribution in [0.25, 0.3) is 10.6 Å². The summed E-state index contributed by atoms with van der Waals surface area (Å²) in [7, 11) is 0. The van der Waals surface area contributed by atoms with Gasteiger partial charge in [-0.15, -0.1) is 22.7 Å². The Bertz CT molecular complexity index is 925. The molecule has 0 aromatic carbocycles. The fraction of sp³-hybridized carbons (Fsp3) is 0.111. The Morgan fingerprint density at radius 2 is 1.96 bits per heavy atom. The Hall–Kier alpha value is -2.64. The first-order valence-corrected chi connectivity index (χ1v) is 9.40. The molecule has 0 bridgehead atoms. The summed E-state index contributed by atoms with van der Waals surface area (Å²) < 4.78 is 10.8. The van der Waals surface area contributed by atoms with E-state index >= 15 is 0 Å². The molecule has 4 rings (SSSR count). The van der Waals surface area contributed by atoms with Gasteiger partial charge in [-0.05, 0) is 35.0 Å². The van der Waals surface area contributed by atoms with Crippen LogP contribution in [-0.2, 0) is 13.1 Å². The predicted molar refractivity (Wildman–Crippen MR) is 96.4 cm³/mol. The summed E-state index contributed by atoms with van der Waals surface area (Å²) in [5, 5.41) is 7.99. The second kappa shape index (κ2) is 7.08. The van der Waals surface area contributed by atoms with E-state index in [2.05, 4.69) is 5.16 Å². The Morgan fingerprint density at radius 3 is 2.68 bits per heavy atom. The van der Waals surface area contributed by atoms with Crippen molar-refractivity contribution in [1.29, 1.82) is 0 Å². The molecule has 0 fully saturated rings. The molecule has 0 saturated heterocycles. The molecule has 1 amide bonds. The third kappa shape index (κ3) is 3.57. The van der Waals surface area contributed by atoms with Crippen molar-refractivity contribution in [3.05, 3.63) is 75.8 Å². The summed E-state index contributed by atoms with van der Waals surface area (Å²) in [6, 6.07) is 13.2. The molecular formula is C18H14N2O3S2. The van der Waals surface area contributed by atoms with E-state index in [9.17, 15) is 4.79 Å². The van der Waals surface area contributed by atoms with Crippen molar-refractivity contribution in [3.63, 3.8) is 0 Å². The summed E-state index contributed by atoms with van der Waals surface area (Å²) in [5.74, 6) is 1.39. The van der Waals surface area contributed by atoms with Crippen molar-refractivity contribution >= 4 is 28.6 Å². The van der Waals surface area contributed by atoms with Crippen LogP contribution in [0.5, 0.6) is 0 Å². The Labute approximate surface area is 152 Å². The van der Waals surface area contributed by atoms with Gasteiger partial charge in [-0.1, -0.05) is 17.3 Å². The zero-order valence-electron chi connectivity index (χ0n) is 13.1. The lowest BCUT2D eigenvalue weighted by Gasteiger charge is -2.19. The molecule has 0 aliphatic rings. The first-order chi connectivity index (χ1) is 12.3. The maximum absolute atomic E-state index is 12.8. The summed E-state index contributed by atoms with van der Waals surface area (Å²) in [4.78, 5) is 16.2. The lowest BCUT2D eigenvalue weighted by Crippen LogP contribution is -2.29. The van der Waals surface area contributed by atoms with Crippen molar-refractivity contribution in [2.45, 2.75) is 13.1 Å². The zero-order chi connectivity index (χ0) is 17.1. The minimum absolute atomic E-state index is 0.0490. The van der Waals surface area contributed by atoms with Gasteiger partial charge in [0.2, 0.25) is 0 Å². The number of amides is 1. The standard InChI is InChI=1S/C18H14N2O3S2/c21-18(17-6-3-9-25-17)20(12-14-4-1-7-22-14)11-13-10-15(23-19-13)16-5-2-8-24-16/h1-10H,11-12H2. The SMILES string of the molecule is O=C(c1cccs1)N(Cc1cc(-c2cccs2)on1)Cc1ccco1. The van der Waals surface area contributed by atoms with Gasteiger partial charge in [0.1, 0.15) is 11.5 Å². The lowest BCUT2D eigenvalue weighted by molar-refractivity contribution is 0.0718. The molecule has 0 spiro atoms. The largest absolute Gasteiger partial charge is 0.467 e. The summed E-state index contributed by atoms with van der Waals surface area (Å²) in [6.07, 6.45) is 1.61. The maximum atomic E-state index is 12.8. The van der Waals surface area contributed by atoms with Crippen molar-refractivity contribution in [2.75, 3.05) is 0 Å². The van der Waals surface area contributed by atoms with Crippen LogP contribution >= 0.6 is 22.7 Å². The minimum Gasteiger partial charge on any atom is -0.467 e. The number of thiophene rings is 2. The van der Waals surface area contributed by atoms with Crippen LogP contribution in [-0.4, -0.2) is 16.0 Å². The van der Waals surface area contributed by atoms with Crippen LogP contribution in [0.15, 0.2) is 68.4 Å². The highest BCUT2D eigenvalue weighted by Crippen LogP contribution is 2.26. The van der Waals surface area contributed by atoms with E-state index in [0.29, 0.717) is 29.4 Å². The van der Waals surface area contributed by atoms with Crippen molar-refractivity contribution < 1.29 is 13.7 Å². The van der Waals surface area contributed by atoms with Crippen LogP contribution in [0, 0.1) is 0 Å². The number of nitrogens with zero attached hydrogens (tertiary/aromatic N) is 2. The van der Waals surface area contributed by atoms with E-state index in [1.165, 1.54) is 11.3 Å². The summed E-state index contributed by atoms with van der Waals surface area (Å²) >= 11 is 3.01. The average Bonchev–Trinajstić information content (AvgIpc) is 3.41. The van der Waals surface area contributed by atoms with E-state index < -0.39 is 0 Å². The van der Waals surface area contributed by atoms with E-state index in [0.717, 1.165) is 10.6 Å². The second-order valence-corrected chi connectivity index (χ2v) is 7.27. The molecule has 0 unspecified atom stereocenters. The van der Waals surface area contributed by atoms with Crippen LogP contribution in [0.4, 0.5) is 0 Å². The molecule has 0 N–H and O–H groups in total. The van der Waals surface area contributed by atoms with E-state index in [4.69, 9.17) is 8.94 Å². The van der Waals surface area contributed by atoms with Crippen molar-refractivity contribution in [1.82, 2.24) is 10.1 Å². The van der Waals surface area contributed by atoms with Crippen LogP contribution in [0.3, 0.4) is 0 Å². The van der Waals surface area contributed by atoms with Crippen molar-refractivity contribution in [2.24, 2.45) is 0 Å². The lowest BCUT2D eigenvalue weighted by atomic mass is 10.2. The van der Waals surface area contributed by atoms with Crippen LogP contribution in [0.2, 0.25) is 0 Å². The Balaban J connectivity index is 1.56. The van der Waals surface area contributed by atoms with Gasteiger partial charge in [0.25, 0.3) is 5.91 Å². The first-order valence-electron chi connectivity index (χ1n) is 7.64. The molecule has 0 atom stereocenters. The van der Waals surface area contributed by atoms with Crippen molar-refractivity contribution in [3.8, 4) is 10.6 Å². The third-order valence-corrected chi connectivity index (χ3v) is 5.36. The topological polar surface area (TPSA) is 59.5 Å². The molecule has 25 heavy (non-hydrogen) atoms. The van der Waals surface area contributed by atoms with Gasteiger partial charge in [-0.2, -0.15) is 0 Å². The van der Waals surface area contributed by atoms with E-state index in [1.807, 2.05) is 53.2 Å². The molecule has 0 saturated carbocycles. The fourth-order valence-corrected chi connectivity index (χ4v) is 3.83. The van der Waals surface area contributed by atoms with Gasteiger partial charge >= 0.3 is 0 Å². The van der Waals surface area contributed by atoms with Gasteiger partial charge in [-0.3, -0.25) is 4.79 Å². The molecular weight excluding hydrogens is 356 g/mol. The maximum Gasteiger partial charge on any atom is 0.264 e. The number of aromatic nitrogens is 1.